The van der Waals surface area contributed by atoms with Gasteiger partial charge in [-0.3, -0.25) is 4.79 Å². The second-order valence-corrected chi connectivity index (χ2v) is 8.75. The van der Waals surface area contributed by atoms with E-state index in [1.54, 1.807) is 0 Å². The molecule has 0 unspecified atom stereocenters. The van der Waals surface area contributed by atoms with Crippen molar-refractivity contribution >= 4 is 21.4 Å². The Labute approximate surface area is 143 Å². The van der Waals surface area contributed by atoms with E-state index in [9.17, 15) is 13.2 Å². The van der Waals surface area contributed by atoms with Crippen molar-refractivity contribution in [3.63, 3.8) is 0 Å². The lowest BCUT2D eigenvalue weighted by atomic mass is 10.1. The van der Waals surface area contributed by atoms with Crippen molar-refractivity contribution in [1.82, 2.24) is 4.90 Å². The van der Waals surface area contributed by atoms with Crippen molar-refractivity contribution in [3.05, 3.63) is 29.8 Å². The molecule has 3 rings (SSSR count). The van der Waals surface area contributed by atoms with Gasteiger partial charge in [-0.15, -0.1) is 0 Å². The van der Waals surface area contributed by atoms with Crippen LogP contribution in [0.2, 0.25) is 0 Å². The van der Waals surface area contributed by atoms with Gasteiger partial charge in [0.1, 0.15) is 0 Å². The molecular weight excluding hydrogens is 328 g/mol. The summed E-state index contributed by atoms with van der Waals surface area (Å²) in [4.78, 5) is 16.6. The molecule has 1 aromatic rings. The molecule has 1 aromatic carbocycles. The highest BCUT2D eigenvalue weighted by Gasteiger charge is 2.25. The monoisotopic (exact) mass is 352 g/mol. The number of anilines is 1. The van der Waals surface area contributed by atoms with Crippen molar-refractivity contribution < 1.29 is 17.9 Å². The molecule has 6 nitrogen and oxygen atoms in total. The molecule has 24 heavy (non-hydrogen) atoms. The SMILES string of the molecule is CN(C(=O)c1cccc(N2CCS(=O)(=O)CC2)c1)C1CCOCC1. The van der Waals surface area contributed by atoms with Gasteiger partial charge < -0.3 is 14.5 Å². The van der Waals surface area contributed by atoms with Crippen molar-refractivity contribution in [2.24, 2.45) is 0 Å². The quantitative estimate of drug-likeness (QED) is 0.817. The second-order valence-electron chi connectivity index (χ2n) is 6.45. The molecule has 2 heterocycles. The van der Waals surface area contributed by atoms with Crippen LogP contribution < -0.4 is 4.90 Å². The maximum absolute atomic E-state index is 12.8. The summed E-state index contributed by atoms with van der Waals surface area (Å²) in [7, 11) is -1.06. The Kier molecular flexibility index (Phi) is 5.10. The number of rotatable bonds is 3. The van der Waals surface area contributed by atoms with Gasteiger partial charge in [-0.25, -0.2) is 8.42 Å². The van der Waals surface area contributed by atoms with E-state index in [1.165, 1.54) is 0 Å². The number of nitrogens with zero attached hydrogens (tertiary/aromatic N) is 2. The van der Waals surface area contributed by atoms with Gasteiger partial charge in [0.2, 0.25) is 0 Å². The third-order valence-electron chi connectivity index (χ3n) is 4.86. The number of carbonyl (C=O) groups excluding carboxylic acids is 1. The zero-order valence-electron chi connectivity index (χ0n) is 14.0. The molecule has 0 saturated carbocycles. The number of benzene rings is 1. The first-order valence-corrected chi connectivity index (χ1v) is 10.2. The molecule has 0 atom stereocenters. The second kappa shape index (κ2) is 7.11. The predicted octanol–water partition coefficient (Wildman–Crippen LogP) is 1.17. The first-order chi connectivity index (χ1) is 11.5. The smallest absolute Gasteiger partial charge is 0.253 e. The van der Waals surface area contributed by atoms with Crippen LogP contribution in [0, 0.1) is 0 Å². The van der Waals surface area contributed by atoms with Crippen LogP contribution >= 0.6 is 0 Å². The molecule has 0 N–H and O–H groups in total. The summed E-state index contributed by atoms with van der Waals surface area (Å²) in [5, 5.41) is 0. The lowest BCUT2D eigenvalue weighted by Gasteiger charge is -2.32. The molecule has 1 amide bonds. The standard InChI is InChI=1S/C17H24N2O4S/c1-18(15-5-9-23-10-6-15)17(20)14-3-2-4-16(13-14)19-7-11-24(21,22)12-8-19/h2-4,13,15H,5-12H2,1H3. The molecule has 2 fully saturated rings. The van der Waals surface area contributed by atoms with Gasteiger partial charge in [-0.2, -0.15) is 0 Å². The molecule has 2 saturated heterocycles. The molecule has 0 aromatic heterocycles. The minimum Gasteiger partial charge on any atom is -0.381 e. The summed E-state index contributed by atoms with van der Waals surface area (Å²) < 4.78 is 28.5. The maximum Gasteiger partial charge on any atom is 0.253 e. The van der Waals surface area contributed by atoms with Crippen LogP contribution in [0.25, 0.3) is 0 Å². The van der Waals surface area contributed by atoms with Crippen LogP contribution in [0.5, 0.6) is 0 Å². The Morgan fingerprint density at radius 2 is 1.88 bits per heavy atom. The molecular formula is C17H24N2O4S. The van der Waals surface area contributed by atoms with Crippen LogP contribution in [-0.4, -0.2) is 70.1 Å². The zero-order chi connectivity index (χ0) is 17.2. The van der Waals surface area contributed by atoms with Crippen LogP contribution in [0.4, 0.5) is 5.69 Å². The molecule has 0 bridgehead atoms. The minimum absolute atomic E-state index is 0.00776. The summed E-state index contributed by atoms with van der Waals surface area (Å²) >= 11 is 0. The predicted molar refractivity (Wildman–Crippen MR) is 93.2 cm³/mol. The average Bonchev–Trinajstić information content (AvgIpc) is 2.61. The number of hydrogen-bond acceptors (Lipinski definition) is 5. The Bertz CT molecular complexity index is 684. The Morgan fingerprint density at radius 3 is 2.54 bits per heavy atom. The lowest BCUT2D eigenvalue weighted by Crippen LogP contribution is -2.41. The van der Waals surface area contributed by atoms with Gasteiger partial charge in [0.05, 0.1) is 11.5 Å². The van der Waals surface area contributed by atoms with Crippen LogP contribution in [-0.2, 0) is 14.6 Å². The molecule has 132 valence electrons. The van der Waals surface area contributed by atoms with E-state index in [2.05, 4.69) is 0 Å². The third-order valence-corrected chi connectivity index (χ3v) is 6.47. The molecule has 7 heteroatoms. The normalized spacial score (nSPS) is 21.5. The largest absolute Gasteiger partial charge is 0.381 e. The van der Waals surface area contributed by atoms with E-state index in [-0.39, 0.29) is 23.5 Å². The third kappa shape index (κ3) is 3.89. The van der Waals surface area contributed by atoms with E-state index in [1.807, 2.05) is 41.1 Å². The van der Waals surface area contributed by atoms with Crippen molar-refractivity contribution in [2.75, 3.05) is 49.8 Å². The lowest BCUT2D eigenvalue weighted by molar-refractivity contribution is 0.0362. The summed E-state index contributed by atoms with van der Waals surface area (Å²) in [6.45, 7) is 2.36. The van der Waals surface area contributed by atoms with Gasteiger partial charge >= 0.3 is 0 Å². The molecule has 2 aliphatic heterocycles. The summed E-state index contributed by atoms with van der Waals surface area (Å²) in [6, 6.07) is 7.71. The first-order valence-electron chi connectivity index (χ1n) is 8.37. The van der Waals surface area contributed by atoms with E-state index in [0.29, 0.717) is 31.9 Å². The molecule has 2 aliphatic rings. The summed E-state index contributed by atoms with van der Waals surface area (Å²) in [6.07, 6.45) is 1.73. The van der Waals surface area contributed by atoms with Crippen molar-refractivity contribution in [2.45, 2.75) is 18.9 Å². The van der Waals surface area contributed by atoms with Gasteiger partial charge in [0.15, 0.2) is 9.84 Å². The zero-order valence-corrected chi connectivity index (χ0v) is 14.8. The fourth-order valence-corrected chi connectivity index (χ4v) is 4.45. The van der Waals surface area contributed by atoms with Crippen molar-refractivity contribution in [1.29, 1.82) is 0 Å². The number of sulfone groups is 1. The number of ether oxygens (including phenoxy) is 1. The Morgan fingerprint density at radius 1 is 1.21 bits per heavy atom. The van der Waals surface area contributed by atoms with E-state index < -0.39 is 9.84 Å². The number of amides is 1. The van der Waals surface area contributed by atoms with Crippen LogP contribution in [0.15, 0.2) is 24.3 Å². The average molecular weight is 352 g/mol. The van der Waals surface area contributed by atoms with Crippen LogP contribution in [0.3, 0.4) is 0 Å². The Hall–Kier alpha value is -1.60. The number of hydrogen-bond donors (Lipinski definition) is 0. The first kappa shape index (κ1) is 17.2. The maximum atomic E-state index is 12.8. The number of carbonyl (C=O) groups is 1. The minimum atomic E-state index is -2.91. The fraction of sp³-hybridized carbons (Fsp3) is 0.588. The fourth-order valence-electron chi connectivity index (χ4n) is 3.25. The Balaban J connectivity index is 1.71. The topological polar surface area (TPSA) is 66.9 Å². The van der Waals surface area contributed by atoms with Gasteiger partial charge in [0, 0.05) is 50.6 Å². The highest BCUT2D eigenvalue weighted by atomic mass is 32.2. The molecule has 0 radical (unpaired) electrons. The van der Waals surface area contributed by atoms with Gasteiger partial charge in [0.25, 0.3) is 5.91 Å². The highest BCUT2D eigenvalue weighted by molar-refractivity contribution is 7.91. The van der Waals surface area contributed by atoms with Crippen LogP contribution in [0.1, 0.15) is 23.2 Å². The van der Waals surface area contributed by atoms with Gasteiger partial charge in [-0.05, 0) is 31.0 Å². The summed E-state index contributed by atoms with van der Waals surface area (Å²) in [5.41, 5.74) is 1.56. The molecule has 0 spiro atoms. The van der Waals surface area contributed by atoms with E-state index >= 15 is 0 Å². The molecule has 0 aliphatic carbocycles. The summed E-state index contributed by atoms with van der Waals surface area (Å²) in [5.74, 6) is 0.355. The van der Waals surface area contributed by atoms with E-state index in [0.717, 1.165) is 18.5 Å². The van der Waals surface area contributed by atoms with Crippen molar-refractivity contribution in [3.8, 4) is 0 Å². The van der Waals surface area contributed by atoms with E-state index in [4.69, 9.17) is 4.74 Å². The van der Waals surface area contributed by atoms with Gasteiger partial charge in [-0.1, -0.05) is 6.07 Å². The highest BCUT2D eigenvalue weighted by Crippen LogP contribution is 2.21.